The molecule has 1 nitrogen and oxygen atoms in total. The SMILES string of the molecule is CCCCN.[Co]. The number of unbranched alkanes of at least 4 members (excludes halogenated alkanes) is 1. The first-order valence-electron chi connectivity index (χ1n) is 2.12. The van der Waals surface area contributed by atoms with E-state index in [1.54, 1.807) is 0 Å². The van der Waals surface area contributed by atoms with Crippen molar-refractivity contribution in [2.45, 2.75) is 19.8 Å². The summed E-state index contributed by atoms with van der Waals surface area (Å²) in [6.45, 7) is 2.98. The zero-order valence-electron chi connectivity index (χ0n) is 4.03. The third kappa shape index (κ3) is 8.82. The van der Waals surface area contributed by atoms with Crippen molar-refractivity contribution >= 4 is 0 Å². The predicted octanol–water partition coefficient (Wildman–Crippen LogP) is 0.743. The van der Waals surface area contributed by atoms with Crippen LogP contribution in [0.5, 0.6) is 0 Å². The van der Waals surface area contributed by atoms with Gasteiger partial charge >= 0.3 is 0 Å². The molecule has 0 amide bonds. The van der Waals surface area contributed by atoms with Crippen LogP contribution in [-0.2, 0) is 16.8 Å². The van der Waals surface area contributed by atoms with Gasteiger partial charge in [0.25, 0.3) is 0 Å². The zero-order chi connectivity index (χ0) is 4.12. The molecule has 0 aliphatic heterocycles. The Labute approximate surface area is 49.5 Å². The number of hydrogen-bond acceptors (Lipinski definition) is 1. The van der Waals surface area contributed by atoms with Crippen molar-refractivity contribution < 1.29 is 16.8 Å². The minimum Gasteiger partial charge on any atom is -0.330 e. The van der Waals surface area contributed by atoms with Crippen LogP contribution in [0.3, 0.4) is 0 Å². The third-order valence-corrected chi connectivity index (χ3v) is 0.558. The fourth-order valence-corrected chi connectivity index (χ4v) is 0.204. The standard InChI is InChI=1S/C4H11N.Co/c1-2-3-4-5;/h2-5H2,1H3;. The average Bonchev–Trinajstić information content (AvgIpc) is 1.41. The molecule has 0 unspecified atom stereocenters. The number of hydrogen-bond donors (Lipinski definition) is 1. The normalized spacial score (nSPS) is 7.00. The number of nitrogens with two attached hydrogens (primary N) is 1. The van der Waals surface area contributed by atoms with Gasteiger partial charge in [-0.15, -0.1) is 0 Å². The second-order valence-corrected chi connectivity index (χ2v) is 1.14. The molecule has 0 aliphatic rings. The molecular weight excluding hydrogens is 121 g/mol. The summed E-state index contributed by atoms with van der Waals surface area (Å²) in [5.41, 5.74) is 5.14. The summed E-state index contributed by atoms with van der Waals surface area (Å²) in [4.78, 5) is 0. The van der Waals surface area contributed by atoms with Crippen molar-refractivity contribution in [2.75, 3.05) is 6.54 Å². The summed E-state index contributed by atoms with van der Waals surface area (Å²) in [7, 11) is 0. The van der Waals surface area contributed by atoms with E-state index in [0.717, 1.165) is 6.54 Å². The molecule has 1 radical (unpaired) electrons. The first kappa shape index (κ1) is 9.69. The Balaban J connectivity index is 0. The van der Waals surface area contributed by atoms with Gasteiger partial charge in [-0.25, -0.2) is 0 Å². The van der Waals surface area contributed by atoms with Crippen LogP contribution in [-0.4, -0.2) is 6.54 Å². The summed E-state index contributed by atoms with van der Waals surface area (Å²) < 4.78 is 0. The van der Waals surface area contributed by atoms with Crippen LogP contribution in [0.4, 0.5) is 0 Å². The van der Waals surface area contributed by atoms with Gasteiger partial charge in [0.05, 0.1) is 0 Å². The molecule has 0 saturated carbocycles. The second kappa shape index (κ2) is 9.08. The van der Waals surface area contributed by atoms with Crippen LogP contribution in [0.1, 0.15) is 19.8 Å². The molecule has 0 saturated heterocycles. The van der Waals surface area contributed by atoms with Crippen molar-refractivity contribution in [2.24, 2.45) is 5.73 Å². The summed E-state index contributed by atoms with van der Waals surface area (Å²) in [6, 6.07) is 0. The van der Waals surface area contributed by atoms with E-state index >= 15 is 0 Å². The molecule has 0 fully saturated rings. The van der Waals surface area contributed by atoms with Gasteiger partial charge in [0.15, 0.2) is 0 Å². The van der Waals surface area contributed by atoms with Gasteiger partial charge in [-0.1, -0.05) is 13.3 Å². The quantitative estimate of drug-likeness (QED) is 0.589. The van der Waals surface area contributed by atoms with Crippen molar-refractivity contribution in [3.8, 4) is 0 Å². The van der Waals surface area contributed by atoms with Crippen molar-refractivity contribution in [1.82, 2.24) is 0 Å². The van der Waals surface area contributed by atoms with Crippen LogP contribution in [0.15, 0.2) is 0 Å². The molecule has 0 atom stereocenters. The first-order valence-corrected chi connectivity index (χ1v) is 2.12. The molecule has 41 valence electrons. The molecule has 2 heteroatoms. The van der Waals surface area contributed by atoms with Gasteiger partial charge in [0.2, 0.25) is 0 Å². The molecule has 0 spiro atoms. The van der Waals surface area contributed by atoms with Crippen LogP contribution in [0, 0.1) is 0 Å². The van der Waals surface area contributed by atoms with Crippen LogP contribution in [0.25, 0.3) is 0 Å². The first-order chi connectivity index (χ1) is 2.41. The van der Waals surface area contributed by atoms with Gasteiger partial charge in [-0.2, -0.15) is 0 Å². The van der Waals surface area contributed by atoms with Crippen LogP contribution in [0.2, 0.25) is 0 Å². The minimum absolute atomic E-state index is 0. The molecule has 0 aliphatic carbocycles. The third-order valence-electron chi connectivity index (χ3n) is 0.558. The van der Waals surface area contributed by atoms with Gasteiger partial charge in [-0.3, -0.25) is 0 Å². The van der Waals surface area contributed by atoms with E-state index in [1.807, 2.05) is 0 Å². The second-order valence-electron chi connectivity index (χ2n) is 1.14. The van der Waals surface area contributed by atoms with E-state index in [0.29, 0.717) is 0 Å². The monoisotopic (exact) mass is 132 g/mol. The maximum Gasteiger partial charge on any atom is 0 e. The largest absolute Gasteiger partial charge is 0.330 e. The molecule has 0 aromatic rings. The Hall–Kier alpha value is 0.466. The minimum atomic E-state index is 0. The zero-order valence-corrected chi connectivity index (χ0v) is 5.07. The summed E-state index contributed by atoms with van der Waals surface area (Å²) in [5.74, 6) is 0. The van der Waals surface area contributed by atoms with E-state index in [4.69, 9.17) is 5.73 Å². The van der Waals surface area contributed by atoms with Gasteiger partial charge in [0.1, 0.15) is 0 Å². The van der Waals surface area contributed by atoms with Crippen LogP contribution >= 0.6 is 0 Å². The van der Waals surface area contributed by atoms with Crippen LogP contribution < -0.4 is 5.73 Å². The molecule has 0 heterocycles. The summed E-state index contributed by atoms with van der Waals surface area (Å²) in [5, 5.41) is 0. The van der Waals surface area contributed by atoms with Gasteiger partial charge in [-0.05, 0) is 13.0 Å². The van der Waals surface area contributed by atoms with E-state index in [-0.39, 0.29) is 16.8 Å². The van der Waals surface area contributed by atoms with Crippen molar-refractivity contribution in [1.29, 1.82) is 0 Å². The average molecular weight is 132 g/mol. The van der Waals surface area contributed by atoms with Crippen molar-refractivity contribution in [3.05, 3.63) is 0 Å². The van der Waals surface area contributed by atoms with E-state index in [1.165, 1.54) is 12.8 Å². The molecular formula is C4H11CoN. The summed E-state index contributed by atoms with van der Waals surface area (Å²) >= 11 is 0. The molecule has 2 N–H and O–H groups in total. The maximum absolute atomic E-state index is 5.14. The molecule has 0 rings (SSSR count). The van der Waals surface area contributed by atoms with E-state index in [2.05, 4.69) is 6.92 Å². The smallest absolute Gasteiger partial charge is 0 e. The number of rotatable bonds is 2. The molecule has 0 bridgehead atoms. The van der Waals surface area contributed by atoms with Gasteiger partial charge in [0, 0.05) is 16.8 Å². The molecule has 0 aromatic heterocycles. The molecule has 6 heavy (non-hydrogen) atoms. The van der Waals surface area contributed by atoms with E-state index in [9.17, 15) is 0 Å². The van der Waals surface area contributed by atoms with Gasteiger partial charge < -0.3 is 5.73 Å². The Morgan fingerprint density at radius 1 is 1.50 bits per heavy atom. The Bertz CT molecular complexity index is 15.0. The Morgan fingerprint density at radius 3 is 2.00 bits per heavy atom. The molecule has 0 aromatic carbocycles. The fraction of sp³-hybridized carbons (Fsp3) is 1.00. The Morgan fingerprint density at radius 2 is 2.00 bits per heavy atom. The summed E-state index contributed by atoms with van der Waals surface area (Å²) in [6.07, 6.45) is 2.39. The maximum atomic E-state index is 5.14. The van der Waals surface area contributed by atoms with Crippen molar-refractivity contribution in [3.63, 3.8) is 0 Å². The predicted molar refractivity (Wildman–Crippen MR) is 24.0 cm³/mol. The fourth-order valence-electron chi connectivity index (χ4n) is 0.204. The van der Waals surface area contributed by atoms with E-state index < -0.39 is 0 Å². The Kier molecular flexibility index (Phi) is 14.7. The topological polar surface area (TPSA) is 26.0 Å².